The van der Waals surface area contributed by atoms with Gasteiger partial charge in [0.05, 0.1) is 11.1 Å². The van der Waals surface area contributed by atoms with Crippen molar-refractivity contribution in [3.8, 4) is 0 Å². The first-order chi connectivity index (χ1) is 7.06. The van der Waals surface area contributed by atoms with Gasteiger partial charge in [0.25, 0.3) is 0 Å². The molecule has 0 unspecified atom stereocenters. The lowest BCUT2D eigenvalue weighted by atomic mass is 10.3. The van der Waals surface area contributed by atoms with E-state index in [1.54, 1.807) is 0 Å². The SMILES string of the molecule is Cc1cc2sc(CC(=O)O)nc2c(Cl)n1. The Morgan fingerprint density at radius 3 is 3.00 bits per heavy atom. The van der Waals surface area contributed by atoms with Crippen LogP contribution >= 0.6 is 22.9 Å². The summed E-state index contributed by atoms with van der Waals surface area (Å²) in [5.74, 6) is -0.894. The molecule has 0 aliphatic rings. The summed E-state index contributed by atoms with van der Waals surface area (Å²) in [4.78, 5) is 18.7. The van der Waals surface area contributed by atoms with Gasteiger partial charge in [-0.3, -0.25) is 4.79 Å². The Morgan fingerprint density at radius 1 is 1.60 bits per heavy atom. The van der Waals surface area contributed by atoms with Gasteiger partial charge in [0.1, 0.15) is 10.5 Å². The van der Waals surface area contributed by atoms with E-state index in [2.05, 4.69) is 9.97 Å². The predicted molar refractivity (Wildman–Crippen MR) is 58.5 cm³/mol. The highest BCUT2D eigenvalue weighted by atomic mass is 35.5. The average Bonchev–Trinajstić information content (AvgIpc) is 2.45. The van der Waals surface area contributed by atoms with Crippen LogP contribution in [-0.4, -0.2) is 21.0 Å². The molecule has 0 amide bonds. The fourth-order valence-corrected chi connectivity index (χ4v) is 2.65. The van der Waals surface area contributed by atoms with Crippen LogP contribution in [0.5, 0.6) is 0 Å². The maximum Gasteiger partial charge on any atom is 0.310 e. The standard InChI is InChI=1S/C9H7ClN2O2S/c1-4-2-5-8(9(10)11-4)12-6(15-5)3-7(13)14/h2H,3H2,1H3,(H,13,14). The third kappa shape index (κ3) is 2.08. The fourth-order valence-electron chi connectivity index (χ4n) is 1.26. The molecule has 0 saturated carbocycles. The molecule has 1 N–H and O–H groups in total. The molecule has 2 aromatic heterocycles. The van der Waals surface area contributed by atoms with Gasteiger partial charge in [-0.15, -0.1) is 11.3 Å². The van der Waals surface area contributed by atoms with E-state index in [0.29, 0.717) is 15.7 Å². The monoisotopic (exact) mass is 242 g/mol. The molecule has 0 saturated heterocycles. The topological polar surface area (TPSA) is 63.1 Å². The van der Waals surface area contributed by atoms with Gasteiger partial charge in [0.2, 0.25) is 0 Å². The normalized spacial score (nSPS) is 10.8. The quantitative estimate of drug-likeness (QED) is 0.821. The molecule has 0 spiro atoms. The highest BCUT2D eigenvalue weighted by molar-refractivity contribution is 7.18. The van der Waals surface area contributed by atoms with E-state index >= 15 is 0 Å². The summed E-state index contributed by atoms with van der Waals surface area (Å²) in [6, 6.07) is 1.85. The molecular weight excluding hydrogens is 236 g/mol. The molecule has 2 rings (SSSR count). The second-order valence-corrected chi connectivity index (χ2v) is 4.55. The lowest BCUT2D eigenvalue weighted by Gasteiger charge is -1.93. The summed E-state index contributed by atoms with van der Waals surface area (Å²) >= 11 is 7.24. The average molecular weight is 243 g/mol. The number of aryl methyl sites for hydroxylation is 1. The Balaban J connectivity index is 2.55. The first kappa shape index (κ1) is 10.3. The van der Waals surface area contributed by atoms with Crippen LogP contribution in [0.25, 0.3) is 10.2 Å². The van der Waals surface area contributed by atoms with E-state index in [-0.39, 0.29) is 6.42 Å². The molecule has 0 aromatic carbocycles. The molecule has 0 fully saturated rings. The zero-order valence-corrected chi connectivity index (χ0v) is 9.39. The van der Waals surface area contributed by atoms with Crippen molar-refractivity contribution in [2.45, 2.75) is 13.3 Å². The van der Waals surface area contributed by atoms with E-state index in [9.17, 15) is 4.79 Å². The molecule has 6 heteroatoms. The zero-order chi connectivity index (χ0) is 11.0. The Morgan fingerprint density at radius 2 is 2.33 bits per heavy atom. The number of fused-ring (bicyclic) bond motifs is 1. The summed E-state index contributed by atoms with van der Waals surface area (Å²) in [6.07, 6.45) is -0.0747. The van der Waals surface area contributed by atoms with Crippen LogP contribution < -0.4 is 0 Å². The highest BCUT2D eigenvalue weighted by Crippen LogP contribution is 2.27. The molecule has 15 heavy (non-hydrogen) atoms. The second kappa shape index (κ2) is 3.75. The minimum atomic E-state index is -0.894. The number of pyridine rings is 1. The number of hydrogen-bond acceptors (Lipinski definition) is 4. The van der Waals surface area contributed by atoms with Gasteiger partial charge in [0, 0.05) is 5.69 Å². The lowest BCUT2D eigenvalue weighted by molar-refractivity contribution is -0.136. The molecule has 0 radical (unpaired) electrons. The van der Waals surface area contributed by atoms with Crippen molar-refractivity contribution in [3.63, 3.8) is 0 Å². The highest BCUT2D eigenvalue weighted by Gasteiger charge is 2.11. The number of nitrogens with zero attached hydrogens (tertiary/aromatic N) is 2. The molecule has 0 bridgehead atoms. The number of hydrogen-bond donors (Lipinski definition) is 1. The Bertz CT molecular complexity index is 538. The minimum absolute atomic E-state index is 0.0747. The smallest absolute Gasteiger partial charge is 0.310 e. The van der Waals surface area contributed by atoms with Crippen molar-refractivity contribution < 1.29 is 9.90 Å². The first-order valence-electron chi connectivity index (χ1n) is 4.20. The number of carboxylic acid groups (broad SMARTS) is 1. The summed E-state index contributed by atoms with van der Waals surface area (Å²) in [7, 11) is 0. The van der Waals surface area contributed by atoms with Gasteiger partial charge in [-0.25, -0.2) is 9.97 Å². The molecular formula is C9H7ClN2O2S. The third-order valence-corrected chi connectivity index (χ3v) is 3.08. The van der Waals surface area contributed by atoms with Gasteiger partial charge in [-0.1, -0.05) is 11.6 Å². The number of aliphatic carboxylic acids is 1. The molecule has 2 heterocycles. The van der Waals surface area contributed by atoms with E-state index in [4.69, 9.17) is 16.7 Å². The van der Waals surface area contributed by atoms with Gasteiger partial charge < -0.3 is 5.11 Å². The van der Waals surface area contributed by atoms with Crippen molar-refractivity contribution >= 4 is 39.1 Å². The molecule has 4 nitrogen and oxygen atoms in total. The maximum atomic E-state index is 10.5. The van der Waals surface area contributed by atoms with Gasteiger partial charge in [-0.05, 0) is 13.0 Å². The van der Waals surface area contributed by atoms with Crippen molar-refractivity contribution in [1.29, 1.82) is 0 Å². The van der Waals surface area contributed by atoms with E-state index in [1.807, 2.05) is 13.0 Å². The van der Waals surface area contributed by atoms with Crippen LogP contribution in [0.4, 0.5) is 0 Å². The Labute approximate surface area is 94.5 Å². The van der Waals surface area contributed by atoms with Crippen molar-refractivity contribution in [3.05, 3.63) is 21.9 Å². The number of halogens is 1. The molecule has 78 valence electrons. The molecule has 0 aliphatic carbocycles. The fraction of sp³-hybridized carbons (Fsp3) is 0.222. The van der Waals surface area contributed by atoms with Crippen LogP contribution in [0.2, 0.25) is 5.15 Å². The van der Waals surface area contributed by atoms with Crippen LogP contribution in [0, 0.1) is 6.92 Å². The number of aromatic nitrogens is 2. The van der Waals surface area contributed by atoms with Crippen LogP contribution in [0.3, 0.4) is 0 Å². The largest absolute Gasteiger partial charge is 0.481 e. The van der Waals surface area contributed by atoms with Gasteiger partial charge in [-0.2, -0.15) is 0 Å². The van der Waals surface area contributed by atoms with Gasteiger partial charge >= 0.3 is 5.97 Å². The lowest BCUT2D eigenvalue weighted by Crippen LogP contribution is -1.98. The summed E-state index contributed by atoms with van der Waals surface area (Å²) in [5.41, 5.74) is 1.39. The maximum absolute atomic E-state index is 10.5. The number of carbonyl (C=O) groups is 1. The summed E-state index contributed by atoms with van der Waals surface area (Å²) in [6.45, 7) is 1.84. The Kier molecular flexibility index (Phi) is 2.58. The van der Waals surface area contributed by atoms with Crippen LogP contribution in [0.1, 0.15) is 10.7 Å². The molecule has 0 atom stereocenters. The first-order valence-corrected chi connectivity index (χ1v) is 5.40. The summed E-state index contributed by atoms with van der Waals surface area (Å²) in [5, 5.41) is 9.51. The molecule has 2 aromatic rings. The number of thiazole rings is 1. The molecule has 0 aliphatic heterocycles. The van der Waals surface area contributed by atoms with Crippen LogP contribution in [0.15, 0.2) is 6.07 Å². The van der Waals surface area contributed by atoms with Crippen molar-refractivity contribution in [2.24, 2.45) is 0 Å². The van der Waals surface area contributed by atoms with Crippen molar-refractivity contribution in [2.75, 3.05) is 0 Å². The van der Waals surface area contributed by atoms with Crippen LogP contribution in [-0.2, 0) is 11.2 Å². The van der Waals surface area contributed by atoms with Gasteiger partial charge in [0.15, 0.2) is 5.15 Å². The van der Waals surface area contributed by atoms with E-state index < -0.39 is 5.97 Å². The summed E-state index contributed by atoms with van der Waals surface area (Å²) < 4.78 is 0.878. The Hall–Kier alpha value is -1.20. The third-order valence-electron chi connectivity index (χ3n) is 1.81. The van der Waals surface area contributed by atoms with E-state index in [0.717, 1.165) is 10.4 Å². The van der Waals surface area contributed by atoms with Crippen molar-refractivity contribution in [1.82, 2.24) is 9.97 Å². The second-order valence-electron chi connectivity index (χ2n) is 3.08. The number of rotatable bonds is 2. The predicted octanol–water partition coefficient (Wildman–Crippen LogP) is 2.28. The van der Waals surface area contributed by atoms with E-state index in [1.165, 1.54) is 11.3 Å². The zero-order valence-electron chi connectivity index (χ0n) is 7.82. The minimum Gasteiger partial charge on any atom is -0.481 e. The number of carboxylic acids is 1.